The average Bonchev–Trinajstić information content (AvgIpc) is 3.57. The van der Waals surface area contributed by atoms with Gasteiger partial charge in [0.15, 0.2) is 0 Å². The van der Waals surface area contributed by atoms with E-state index < -0.39 is 17.1 Å². The highest BCUT2D eigenvalue weighted by Gasteiger charge is 2.40. The van der Waals surface area contributed by atoms with Crippen LogP contribution in [0.15, 0.2) is 106 Å². The van der Waals surface area contributed by atoms with Gasteiger partial charge in [0.05, 0.1) is 17.2 Å². The highest BCUT2D eigenvalue weighted by atomic mass is 32.2. The van der Waals surface area contributed by atoms with Crippen molar-refractivity contribution in [1.82, 2.24) is 5.32 Å². The van der Waals surface area contributed by atoms with Gasteiger partial charge in [0, 0.05) is 28.6 Å². The van der Waals surface area contributed by atoms with E-state index in [4.69, 9.17) is 4.42 Å². The van der Waals surface area contributed by atoms with Crippen LogP contribution in [-0.2, 0) is 14.4 Å². The molecule has 9 heteroatoms. The first-order valence-electron chi connectivity index (χ1n) is 12.9. The Hall–Kier alpha value is -4.89. The summed E-state index contributed by atoms with van der Waals surface area (Å²) in [6.45, 7) is 3.92. The molecule has 8 nitrogen and oxygen atoms in total. The van der Waals surface area contributed by atoms with Crippen molar-refractivity contribution in [3.05, 3.63) is 119 Å². The second kappa shape index (κ2) is 12.1. The number of hydrogen-bond donors (Lipinski definition) is 2. The number of rotatable bonds is 8. The Morgan fingerprint density at radius 1 is 0.927 bits per heavy atom. The Bertz CT molecular complexity index is 1650. The summed E-state index contributed by atoms with van der Waals surface area (Å²) in [6, 6.07) is 24.4. The third-order valence-electron chi connectivity index (χ3n) is 6.58. The lowest BCUT2D eigenvalue weighted by molar-refractivity contribution is -0.121. The first-order chi connectivity index (χ1) is 19.8. The quantitative estimate of drug-likeness (QED) is 0.209. The van der Waals surface area contributed by atoms with Crippen molar-refractivity contribution in [2.75, 3.05) is 10.2 Å². The number of hydrogen-bond acceptors (Lipinski definition) is 6. The van der Waals surface area contributed by atoms with Crippen molar-refractivity contribution in [3.63, 3.8) is 0 Å². The molecule has 0 saturated carbocycles. The molecule has 41 heavy (non-hydrogen) atoms. The number of amides is 4. The molecule has 4 aromatic rings. The maximum atomic E-state index is 13.3. The summed E-state index contributed by atoms with van der Waals surface area (Å²) in [6.07, 6.45) is 2.99. The Morgan fingerprint density at radius 2 is 1.73 bits per heavy atom. The van der Waals surface area contributed by atoms with Crippen molar-refractivity contribution in [1.29, 1.82) is 0 Å². The van der Waals surface area contributed by atoms with E-state index in [1.807, 2.05) is 32.0 Å². The van der Waals surface area contributed by atoms with Crippen molar-refractivity contribution < 1.29 is 23.6 Å². The number of nitrogens with one attached hydrogen (secondary N) is 2. The fraction of sp³-hybridized carbons (Fsp3) is 0.125. The molecule has 1 aliphatic rings. The van der Waals surface area contributed by atoms with Crippen molar-refractivity contribution in [3.8, 4) is 0 Å². The topological polar surface area (TPSA) is 109 Å². The maximum absolute atomic E-state index is 13.3. The van der Waals surface area contributed by atoms with E-state index in [0.717, 1.165) is 11.1 Å². The highest BCUT2D eigenvalue weighted by molar-refractivity contribution is 8.00. The monoisotopic (exact) mass is 565 g/mol. The van der Waals surface area contributed by atoms with E-state index in [1.54, 1.807) is 66.7 Å². The van der Waals surface area contributed by atoms with Gasteiger partial charge < -0.3 is 15.1 Å². The molecule has 3 aromatic carbocycles. The summed E-state index contributed by atoms with van der Waals surface area (Å²) in [5.41, 5.74) is 3.51. The van der Waals surface area contributed by atoms with Gasteiger partial charge in [-0.1, -0.05) is 30.3 Å². The van der Waals surface area contributed by atoms with Crippen LogP contribution < -0.4 is 15.5 Å². The number of aryl methyl sites for hydroxylation is 2. The average molecular weight is 566 g/mol. The minimum Gasteiger partial charge on any atom is -0.465 e. The molecular formula is C32H27N3O5S. The van der Waals surface area contributed by atoms with E-state index in [9.17, 15) is 19.2 Å². The summed E-state index contributed by atoms with van der Waals surface area (Å²) < 4.78 is 5.34. The number of carbonyl (C=O) groups is 4. The summed E-state index contributed by atoms with van der Waals surface area (Å²) in [5.74, 6) is -1.13. The normalized spacial score (nSPS) is 15.2. The van der Waals surface area contributed by atoms with E-state index in [-0.39, 0.29) is 23.9 Å². The van der Waals surface area contributed by atoms with Gasteiger partial charge in [0.1, 0.15) is 11.5 Å². The van der Waals surface area contributed by atoms with Crippen LogP contribution in [0.2, 0.25) is 0 Å². The Kier molecular flexibility index (Phi) is 8.16. The number of thioether (sulfide) groups is 1. The van der Waals surface area contributed by atoms with Crippen LogP contribution in [-0.4, -0.2) is 28.9 Å². The van der Waals surface area contributed by atoms with Crippen molar-refractivity contribution >= 4 is 52.8 Å². The van der Waals surface area contributed by atoms with E-state index >= 15 is 0 Å². The number of benzene rings is 3. The standard InChI is InChI=1S/C32H27N3O5S/c1-20-13-14-24(16-21(20)2)35-29(36)19-28(32(35)39)41-26-12-6-10-23(17-26)33-31(38)27(18-25-11-7-15-40-25)34-30(37)22-8-4-3-5-9-22/h3-18,28H,19H2,1-2H3,(H,33,38)(H,34,37)/b27-18-/t28-/m1/s1. The van der Waals surface area contributed by atoms with Crippen LogP contribution >= 0.6 is 11.8 Å². The second-order valence-corrected chi connectivity index (χ2v) is 10.8. The minimum absolute atomic E-state index is 0.00698. The molecular weight excluding hydrogens is 538 g/mol. The fourth-order valence-corrected chi connectivity index (χ4v) is 5.41. The summed E-state index contributed by atoms with van der Waals surface area (Å²) in [5, 5.41) is 4.88. The number of anilines is 2. The Labute approximate surface area is 241 Å². The van der Waals surface area contributed by atoms with Crippen LogP contribution in [0, 0.1) is 13.8 Å². The van der Waals surface area contributed by atoms with Crippen LogP contribution in [0.4, 0.5) is 11.4 Å². The summed E-state index contributed by atoms with van der Waals surface area (Å²) >= 11 is 1.27. The van der Waals surface area contributed by atoms with Gasteiger partial charge >= 0.3 is 0 Å². The molecule has 206 valence electrons. The van der Waals surface area contributed by atoms with Gasteiger partial charge in [-0.05, 0) is 79.6 Å². The second-order valence-electron chi connectivity index (χ2n) is 9.52. The lowest BCUT2D eigenvalue weighted by Gasteiger charge is -2.16. The zero-order valence-corrected chi connectivity index (χ0v) is 23.2. The molecule has 0 bridgehead atoms. The molecule has 0 spiro atoms. The SMILES string of the molecule is Cc1ccc(N2C(=O)C[C@@H](Sc3cccc(NC(=O)/C(=C/c4ccco4)NC(=O)c4ccccc4)c3)C2=O)cc1C. The number of imide groups is 1. The largest absolute Gasteiger partial charge is 0.465 e. The van der Waals surface area contributed by atoms with Gasteiger partial charge in [-0.2, -0.15) is 0 Å². The highest BCUT2D eigenvalue weighted by Crippen LogP contribution is 2.35. The molecule has 5 rings (SSSR count). The third-order valence-corrected chi connectivity index (χ3v) is 7.76. The molecule has 0 radical (unpaired) electrons. The summed E-state index contributed by atoms with van der Waals surface area (Å²) in [4.78, 5) is 54.0. The van der Waals surface area contributed by atoms with E-state index in [1.165, 1.54) is 29.0 Å². The zero-order chi connectivity index (χ0) is 28.9. The smallest absolute Gasteiger partial charge is 0.272 e. The van der Waals surface area contributed by atoms with Crippen molar-refractivity contribution in [2.24, 2.45) is 0 Å². The Morgan fingerprint density at radius 3 is 2.46 bits per heavy atom. The first kappa shape index (κ1) is 27.7. The molecule has 2 heterocycles. The zero-order valence-electron chi connectivity index (χ0n) is 22.4. The maximum Gasteiger partial charge on any atom is 0.272 e. The van der Waals surface area contributed by atoms with Gasteiger partial charge in [0.25, 0.3) is 11.8 Å². The van der Waals surface area contributed by atoms with Crippen LogP contribution in [0.25, 0.3) is 6.08 Å². The molecule has 1 fully saturated rings. The van der Waals surface area contributed by atoms with Gasteiger partial charge in [-0.3, -0.25) is 19.2 Å². The van der Waals surface area contributed by atoms with Gasteiger partial charge in [0.2, 0.25) is 11.8 Å². The van der Waals surface area contributed by atoms with Gasteiger partial charge in [-0.15, -0.1) is 11.8 Å². The molecule has 1 aromatic heterocycles. The van der Waals surface area contributed by atoms with E-state index in [0.29, 0.717) is 27.6 Å². The van der Waals surface area contributed by atoms with Crippen LogP contribution in [0.3, 0.4) is 0 Å². The lowest BCUT2D eigenvalue weighted by Crippen LogP contribution is -2.31. The molecule has 4 amide bonds. The molecule has 0 aliphatic carbocycles. The molecule has 2 N–H and O–H groups in total. The fourth-order valence-electron chi connectivity index (χ4n) is 4.30. The minimum atomic E-state index is -0.588. The number of carbonyl (C=O) groups excluding carboxylic acids is 4. The van der Waals surface area contributed by atoms with Crippen LogP contribution in [0.1, 0.15) is 33.7 Å². The van der Waals surface area contributed by atoms with Crippen molar-refractivity contribution in [2.45, 2.75) is 30.4 Å². The molecule has 1 aliphatic heterocycles. The number of nitrogens with zero attached hydrogens (tertiary/aromatic N) is 1. The third kappa shape index (κ3) is 6.47. The molecule has 1 saturated heterocycles. The first-order valence-corrected chi connectivity index (χ1v) is 13.8. The lowest BCUT2D eigenvalue weighted by atomic mass is 10.1. The van der Waals surface area contributed by atoms with E-state index in [2.05, 4.69) is 10.6 Å². The molecule has 0 unspecified atom stereocenters. The van der Waals surface area contributed by atoms with Crippen LogP contribution in [0.5, 0.6) is 0 Å². The molecule has 1 atom stereocenters. The predicted molar refractivity (Wildman–Crippen MR) is 158 cm³/mol. The number of furan rings is 1. The Balaban J connectivity index is 1.30. The predicted octanol–water partition coefficient (Wildman–Crippen LogP) is 5.73. The van der Waals surface area contributed by atoms with Gasteiger partial charge in [-0.25, -0.2) is 4.90 Å². The summed E-state index contributed by atoms with van der Waals surface area (Å²) in [7, 11) is 0.